The van der Waals surface area contributed by atoms with E-state index < -0.39 is 4.97 Å². The Morgan fingerprint density at radius 1 is 0.682 bits per heavy atom. The highest BCUT2D eigenvalue weighted by Crippen LogP contribution is 2.10. The Morgan fingerprint density at radius 3 is 1.55 bits per heavy atom. The molecule has 5 heteroatoms. The van der Waals surface area contributed by atoms with Crippen LogP contribution in [-0.2, 0) is 0 Å². The maximum absolute atomic E-state index is 10.5. The molecule has 0 unspecified atom stereocenters. The van der Waals surface area contributed by atoms with Crippen molar-refractivity contribution in [1.29, 1.82) is 0 Å². The van der Waals surface area contributed by atoms with Gasteiger partial charge in [0.15, 0.2) is 0 Å². The fraction of sp³-hybridized carbons (Fsp3) is 1.00. The highest BCUT2D eigenvalue weighted by Gasteiger charge is 2.06. The summed E-state index contributed by atoms with van der Waals surface area (Å²) in [5.74, 6) is 0. The predicted octanol–water partition coefficient (Wildman–Crippen LogP) is 4.76. The van der Waals surface area contributed by atoms with Crippen molar-refractivity contribution in [2.45, 2.75) is 90.4 Å². The van der Waals surface area contributed by atoms with Crippen LogP contribution in [0.25, 0.3) is 0 Å². The molecule has 0 fully saturated rings. The molecular formula is C17H38N2O3. The van der Waals surface area contributed by atoms with E-state index in [0.29, 0.717) is 6.42 Å². The van der Waals surface area contributed by atoms with E-state index in [9.17, 15) is 5.21 Å². The maximum Gasteiger partial charge on any atom is 0.142 e. The molecule has 3 N–H and O–H groups in total. The predicted molar refractivity (Wildman–Crippen MR) is 90.6 cm³/mol. The maximum atomic E-state index is 10.5. The monoisotopic (exact) mass is 318 g/mol. The van der Waals surface area contributed by atoms with Crippen molar-refractivity contribution in [2.24, 2.45) is 0 Å². The van der Waals surface area contributed by atoms with E-state index in [1.807, 2.05) is 0 Å². The van der Waals surface area contributed by atoms with Gasteiger partial charge in [-0.2, -0.15) is 10.4 Å². The summed E-state index contributed by atoms with van der Waals surface area (Å²) in [6.45, 7) is 4.14. The Bertz CT molecular complexity index is 220. The lowest BCUT2D eigenvalue weighted by Crippen LogP contribution is -2.34. The zero-order chi connectivity index (χ0) is 16.5. The van der Waals surface area contributed by atoms with Gasteiger partial charge < -0.3 is 10.5 Å². The molecule has 0 saturated heterocycles. The Balaban J connectivity index is 3.00. The van der Waals surface area contributed by atoms with Crippen LogP contribution in [0.2, 0.25) is 0 Å². The number of hydroxylamine groups is 3. The molecule has 0 aliphatic rings. The van der Waals surface area contributed by atoms with Gasteiger partial charge in [0.05, 0.1) is 0 Å². The van der Waals surface area contributed by atoms with E-state index in [2.05, 4.69) is 12.2 Å². The normalized spacial score (nSPS) is 12.0. The molecule has 0 atom stereocenters. The molecule has 0 aromatic heterocycles. The minimum absolute atomic E-state index is 0.140. The Morgan fingerprint density at radius 2 is 1.09 bits per heavy atom. The zero-order valence-corrected chi connectivity index (χ0v) is 14.6. The first-order valence-corrected chi connectivity index (χ1v) is 9.31. The topological polar surface area (TPSA) is 75.5 Å². The van der Waals surface area contributed by atoms with Crippen molar-refractivity contribution < 1.29 is 15.4 Å². The van der Waals surface area contributed by atoms with Crippen LogP contribution in [0, 0.1) is 5.21 Å². The van der Waals surface area contributed by atoms with Crippen LogP contribution < -0.4 is 5.32 Å². The van der Waals surface area contributed by atoms with Gasteiger partial charge in [-0.3, -0.25) is 0 Å². The highest BCUT2D eigenvalue weighted by atomic mass is 17.1. The average Bonchev–Trinajstić information content (AvgIpc) is 2.45. The molecule has 134 valence electrons. The summed E-state index contributed by atoms with van der Waals surface area (Å²) < 4.78 is 0. The summed E-state index contributed by atoms with van der Waals surface area (Å²) in [5, 5.41) is 31.0. The summed E-state index contributed by atoms with van der Waals surface area (Å²) >= 11 is 0. The van der Waals surface area contributed by atoms with E-state index in [1.165, 1.54) is 64.2 Å². The lowest BCUT2D eigenvalue weighted by atomic mass is 10.1. The summed E-state index contributed by atoms with van der Waals surface area (Å²) in [7, 11) is 0. The lowest BCUT2D eigenvalue weighted by molar-refractivity contribution is -1.21. The number of nitrogens with one attached hydrogen (secondary N) is 1. The van der Waals surface area contributed by atoms with Crippen LogP contribution in [-0.4, -0.2) is 35.0 Å². The van der Waals surface area contributed by atoms with Crippen molar-refractivity contribution in [3.8, 4) is 0 Å². The molecule has 22 heavy (non-hydrogen) atoms. The number of hydrogen-bond donors (Lipinski definition) is 3. The smallest absolute Gasteiger partial charge is 0.142 e. The van der Waals surface area contributed by atoms with Crippen LogP contribution in [0.15, 0.2) is 0 Å². The van der Waals surface area contributed by atoms with Gasteiger partial charge in [0.2, 0.25) is 0 Å². The second-order valence-corrected chi connectivity index (χ2v) is 6.38. The van der Waals surface area contributed by atoms with Crippen molar-refractivity contribution in [3.05, 3.63) is 5.21 Å². The number of hydrogen-bond acceptors (Lipinski definition) is 4. The second-order valence-electron chi connectivity index (χ2n) is 6.38. The third kappa shape index (κ3) is 19.8. The van der Waals surface area contributed by atoms with Gasteiger partial charge in [-0.1, -0.05) is 69.7 Å². The molecule has 0 aromatic rings. The number of nitrogens with zero attached hydrogens (tertiary/aromatic N) is 1. The summed E-state index contributed by atoms with van der Waals surface area (Å²) in [6, 6.07) is 0. The lowest BCUT2D eigenvalue weighted by Gasteiger charge is -2.23. The highest BCUT2D eigenvalue weighted by molar-refractivity contribution is 4.51. The fourth-order valence-corrected chi connectivity index (χ4v) is 2.61. The largest absolute Gasteiger partial charge is 0.564 e. The molecule has 0 radical (unpaired) electrons. The summed E-state index contributed by atoms with van der Waals surface area (Å²) in [6.07, 6.45) is 16.0. The van der Waals surface area contributed by atoms with Crippen LogP contribution in [0.1, 0.15) is 90.4 Å². The van der Waals surface area contributed by atoms with Gasteiger partial charge >= 0.3 is 0 Å². The molecule has 0 rings (SSSR count). The van der Waals surface area contributed by atoms with Crippen molar-refractivity contribution in [3.63, 3.8) is 0 Å². The molecule has 5 nitrogen and oxygen atoms in total. The standard InChI is InChI=1S/C17H38N2O3/c1-2-3-4-5-6-7-8-9-10-12-15-18-16-13-11-14-17-19(20,21)22/h18,20-21H,2-17H2,1H3. The van der Waals surface area contributed by atoms with E-state index in [0.717, 1.165) is 25.9 Å². The summed E-state index contributed by atoms with van der Waals surface area (Å²) in [4.78, 5) is -2.15. The third-order valence-corrected chi connectivity index (χ3v) is 4.01. The number of rotatable bonds is 17. The fourth-order valence-electron chi connectivity index (χ4n) is 2.61. The van der Waals surface area contributed by atoms with Crippen LogP contribution in [0.4, 0.5) is 0 Å². The first-order valence-electron chi connectivity index (χ1n) is 9.31. The van der Waals surface area contributed by atoms with Crippen molar-refractivity contribution in [1.82, 2.24) is 5.32 Å². The van der Waals surface area contributed by atoms with Gasteiger partial charge in [-0.25, -0.2) is 0 Å². The van der Waals surface area contributed by atoms with Gasteiger partial charge in [-0.05, 0) is 32.4 Å². The number of quaternary nitrogens is 1. The third-order valence-electron chi connectivity index (χ3n) is 4.01. The molecular weight excluding hydrogens is 280 g/mol. The minimum atomic E-state index is -2.15. The Labute approximate surface area is 136 Å². The van der Waals surface area contributed by atoms with Gasteiger partial charge in [0, 0.05) is 6.42 Å². The average molecular weight is 319 g/mol. The van der Waals surface area contributed by atoms with Crippen LogP contribution in [0.3, 0.4) is 0 Å². The first kappa shape index (κ1) is 21.8. The second kappa shape index (κ2) is 15.7. The molecule has 0 spiro atoms. The van der Waals surface area contributed by atoms with Gasteiger partial charge in [-0.15, -0.1) is 0 Å². The zero-order valence-electron chi connectivity index (χ0n) is 14.6. The van der Waals surface area contributed by atoms with Crippen LogP contribution in [0.5, 0.6) is 0 Å². The molecule has 0 bridgehead atoms. The van der Waals surface area contributed by atoms with Crippen LogP contribution >= 0.6 is 0 Å². The SMILES string of the molecule is CCCCCCCCCCCCNCCCCC[N+]([O-])(O)O. The van der Waals surface area contributed by atoms with Gasteiger partial charge in [0.1, 0.15) is 6.54 Å². The van der Waals surface area contributed by atoms with E-state index in [-0.39, 0.29) is 6.54 Å². The van der Waals surface area contributed by atoms with Crippen molar-refractivity contribution in [2.75, 3.05) is 19.6 Å². The molecule has 0 aliphatic carbocycles. The quantitative estimate of drug-likeness (QED) is 0.205. The summed E-state index contributed by atoms with van der Waals surface area (Å²) in [5.41, 5.74) is 0. The van der Waals surface area contributed by atoms with E-state index >= 15 is 0 Å². The number of unbranched alkanes of at least 4 members (excludes halogenated alkanes) is 11. The van der Waals surface area contributed by atoms with E-state index in [1.54, 1.807) is 0 Å². The Hall–Kier alpha value is -0.200. The molecule has 0 heterocycles. The molecule has 0 aromatic carbocycles. The van der Waals surface area contributed by atoms with Gasteiger partial charge in [0.25, 0.3) is 0 Å². The first-order chi connectivity index (χ1) is 10.6. The van der Waals surface area contributed by atoms with E-state index in [4.69, 9.17) is 10.4 Å². The molecule has 0 aliphatic heterocycles. The Kier molecular flexibility index (Phi) is 15.5. The van der Waals surface area contributed by atoms with Crippen molar-refractivity contribution >= 4 is 0 Å². The molecule has 0 amide bonds. The molecule has 0 saturated carbocycles. The minimum Gasteiger partial charge on any atom is -0.564 e.